The van der Waals surface area contributed by atoms with Gasteiger partial charge < -0.3 is 10.1 Å². The Morgan fingerprint density at radius 2 is 2.12 bits per heavy atom. The number of halogens is 3. The first-order chi connectivity index (χ1) is 7.61. The number of aromatic amines is 1. The molecule has 0 aliphatic rings. The second kappa shape index (κ2) is 4.75. The van der Waals surface area contributed by atoms with Crippen LogP contribution in [-0.2, 0) is 6.61 Å². The van der Waals surface area contributed by atoms with Crippen LogP contribution in [0, 0.1) is 0 Å². The molecule has 6 heteroatoms. The van der Waals surface area contributed by atoms with Gasteiger partial charge in [-0.3, -0.25) is 0 Å². The molecule has 0 amide bonds. The third kappa shape index (κ3) is 2.25. The molecule has 0 aliphatic heterocycles. The van der Waals surface area contributed by atoms with Crippen LogP contribution < -0.4 is 0 Å². The molecule has 1 aromatic carbocycles. The highest BCUT2D eigenvalue weighted by atomic mass is 79.9. The Morgan fingerprint density at radius 1 is 1.38 bits per heavy atom. The molecule has 0 saturated heterocycles. The predicted molar refractivity (Wildman–Crippen MR) is 67.7 cm³/mol. The van der Waals surface area contributed by atoms with Gasteiger partial charge in [0.1, 0.15) is 10.4 Å². The number of nitrogens with one attached hydrogen (secondary N) is 1. The van der Waals surface area contributed by atoms with Crippen molar-refractivity contribution < 1.29 is 5.11 Å². The zero-order valence-electron chi connectivity index (χ0n) is 7.97. The Labute approximate surface area is 111 Å². The van der Waals surface area contributed by atoms with Crippen molar-refractivity contribution in [1.29, 1.82) is 0 Å². The molecule has 84 valence electrons. The van der Waals surface area contributed by atoms with Crippen LogP contribution in [0.1, 0.15) is 5.69 Å². The van der Waals surface area contributed by atoms with Crippen LogP contribution in [0.15, 0.2) is 22.8 Å². The monoisotopic (exact) mass is 320 g/mol. The number of benzene rings is 1. The number of hydrogen-bond acceptors (Lipinski definition) is 2. The summed E-state index contributed by atoms with van der Waals surface area (Å²) in [7, 11) is 0. The third-order valence-corrected chi connectivity index (χ3v) is 3.28. The maximum absolute atomic E-state index is 9.04. The molecule has 0 fully saturated rings. The second-order valence-corrected chi connectivity index (χ2v) is 4.73. The van der Waals surface area contributed by atoms with Gasteiger partial charge in [-0.05, 0) is 34.1 Å². The van der Waals surface area contributed by atoms with Gasteiger partial charge in [0.05, 0.1) is 17.3 Å². The lowest BCUT2D eigenvalue weighted by Gasteiger charge is -2.00. The molecule has 0 radical (unpaired) electrons. The zero-order chi connectivity index (χ0) is 11.7. The normalized spacial score (nSPS) is 10.8. The van der Waals surface area contributed by atoms with Crippen molar-refractivity contribution in [3.05, 3.63) is 38.5 Å². The summed E-state index contributed by atoms with van der Waals surface area (Å²) in [6.45, 7) is -0.112. The van der Waals surface area contributed by atoms with Crippen LogP contribution in [0.2, 0.25) is 10.0 Å². The summed E-state index contributed by atoms with van der Waals surface area (Å²) in [6.07, 6.45) is 0. The lowest BCUT2D eigenvalue weighted by atomic mass is 10.2. The first-order valence-electron chi connectivity index (χ1n) is 4.42. The SMILES string of the molecule is OCc1[nH]c(-c2ccc(Cl)cc2Cl)nc1Br. The summed E-state index contributed by atoms with van der Waals surface area (Å²) in [4.78, 5) is 7.19. The molecule has 2 aromatic rings. The van der Waals surface area contributed by atoms with E-state index in [1.807, 2.05) is 0 Å². The fraction of sp³-hybridized carbons (Fsp3) is 0.100. The molecule has 0 aliphatic carbocycles. The molecule has 16 heavy (non-hydrogen) atoms. The predicted octanol–water partition coefficient (Wildman–Crippen LogP) is 3.64. The summed E-state index contributed by atoms with van der Waals surface area (Å²) in [5.74, 6) is 0.595. The topological polar surface area (TPSA) is 48.9 Å². The average molecular weight is 322 g/mol. The van der Waals surface area contributed by atoms with Crippen molar-refractivity contribution >= 4 is 39.1 Å². The van der Waals surface area contributed by atoms with Gasteiger partial charge in [0.25, 0.3) is 0 Å². The van der Waals surface area contributed by atoms with Crippen LogP contribution in [0.25, 0.3) is 11.4 Å². The summed E-state index contributed by atoms with van der Waals surface area (Å²) in [5.41, 5.74) is 1.35. The molecule has 1 heterocycles. The Bertz CT molecular complexity index is 528. The van der Waals surface area contributed by atoms with E-state index >= 15 is 0 Å². The highest BCUT2D eigenvalue weighted by molar-refractivity contribution is 9.10. The number of rotatable bonds is 2. The summed E-state index contributed by atoms with van der Waals surface area (Å²) >= 11 is 15.1. The van der Waals surface area contributed by atoms with Crippen molar-refractivity contribution in [2.24, 2.45) is 0 Å². The minimum atomic E-state index is -0.112. The van der Waals surface area contributed by atoms with Crippen LogP contribution in [0.4, 0.5) is 0 Å². The molecule has 0 spiro atoms. The summed E-state index contributed by atoms with van der Waals surface area (Å²) in [5, 5.41) is 10.1. The highest BCUT2D eigenvalue weighted by Gasteiger charge is 2.11. The number of imidazole rings is 1. The molecule has 3 nitrogen and oxygen atoms in total. The van der Waals surface area contributed by atoms with Gasteiger partial charge in [0.2, 0.25) is 0 Å². The van der Waals surface area contributed by atoms with Gasteiger partial charge >= 0.3 is 0 Å². The van der Waals surface area contributed by atoms with Crippen LogP contribution in [0.3, 0.4) is 0 Å². The molecule has 0 unspecified atom stereocenters. The summed E-state index contributed by atoms with van der Waals surface area (Å²) in [6, 6.07) is 5.16. The van der Waals surface area contributed by atoms with Gasteiger partial charge in [0, 0.05) is 10.6 Å². The van der Waals surface area contributed by atoms with Crippen molar-refractivity contribution in [3.8, 4) is 11.4 Å². The first kappa shape index (κ1) is 11.9. The van der Waals surface area contributed by atoms with E-state index in [2.05, 4.69) is 25.9 Å². The van der Waals surface area contributed by atoms with Gasteiger partial charge in [-0.15, -0.1) is 0 Å². The fourth-order valence-electron chi connectivity index (χ4n) is 1.30. The maximum atomic E-state index is 9.04. The zero-order valence-corrected chi connectivity index (χ0v) is 11.1. The van der Waals surface area contributed by atoms with E-state index in [-0.39, 0.29) is 6.61 Å². The maximum Gasteiger partial charge on any atom is 0.140 e. The first-order valence-corrected chi connectivity index (χ1v) is 5.97. The lowest BCUT2D eigenvalue weighted by molar-refractivity contribution is 0.276. The smallest absolute Gasteiger partial charge is 0.140 e. The van der Waals surface area contributed by atoms with Crippen LogP contribution >= 0.6 is 39.1 Å². The molecular formula is C10H7BrCl2N2O. The quantitative estimate of drug-likeness (QED) is 0.887. The fourth-order valence-corrected chi connectivity index (χ4v) is 2.20. The Morgan fingerprint density at radius 3 is 2.69 bits per heavy atom. The van der Waals surface area contributed by atoms with Gasteiger partial charge in [-0.25, -0.2) is 4.98 Å². The van der Waals surface area contributed by atoms with E-state index in [1.165, 1.54) is 0 Å². The van der Waals surface area contributed by atoms with Crippen molar-refractivity contribution in [2.45, 2.75) is 6.61 Å². The van der Waals surface area contributed by atoms with Gasteiger partial charge in [-0.2, -0.15) is 0 Å². The van der Waals surface area contributed by atoms with Crippen molar-refractivity contribution in [1.82, 2.24) is 9.97 Å². The Balaban J connectivity index is 2.50. The number of aromatic nitrogens is 2. The van der Waals surface area contributed by atoms with Crippen molar-refractivity contribution in [2.75, 3.05) is 0 Å². The Hall–Kier alpha value is -0.550. The van der Waals surface area contributed by atoms with E-state index < -0.39 is 0 Å². The minimum Gasteiger partial charge on any atom is -0.390 e. The van der Waals surface area contributed by atoms with Crippen LogP contribution in [0.5, 0.6) is 0 Å². The standard InChI is InChI=1S/C10H7BrCl2N2O/c11-9-8(4-16)14-10(15-9)6-2-1-5(12)3-7(6)13/h1-3,16H,4H2,(H,14,15). The van der Waals surface area contributed by atoms with Crippen LogP contribution in [-0.4, -0.2) is 15.1 Å². The number of H-pyrrole nitrogens is 1. The lowest BCUT2D eigenvalue weighted by Crippen LogP contribution is -1.84. The van der Waals surface area contributed by atoms with Gasteiger partial charge in [0.15, 0.2) is 0 Å². The average Bonchev–Trinajstić information content (AvgIpc) is 2.59. The second-order valence-electron chi connectivity index (χ2n) is 3.14. The largest absolute Gasteiger partial charge is 0.390 e. The molecular weight excluding hydrogens is 315 g/mol. The number of hydrogen-bond donors (Lipinski definition) is 2. The molecule has 1 aromatic heterocycles. The number of aliphatic hydroxyl groups is 1. The van der Waals surface area contributed by atoms with Crippen molar-refractivity contribution in [3.63, 3.8) is 0 Å². The van der Waals surface area contributed by atoms with E-state index in [0.717, 1.165) is 5.56 Å². The van der Waals surface area contributed by atoms with Gasteiger partial charge in [-0.1, -0.05) is 23.2 Å². The molecule has 0 bridgehead atoms. The summed E-state index contributed by atoms with van der Waals surface area (Å²) < 4.78 is 0.580. The highest BCUT2D eigenvalue weighted by Crippen LogP contribution is 2.30. The molecule has 0 atom stereocenters. The number of nitrogens with zero attached hydrogens (tertiary/aromatic N) is 1. The van der Waals surface area contributed by atoms with E-state index in [1.54, 1.807) is 18.2 Å². The Kier molecular flexibility index (Phi) is 3.54. The third-order valence-electron chi connectivity index (χ3n) is 2.07. The number of aliphatic hydroxyl groups excluding tert-OH is 1. The molecule has 2 rings (SSSR count). The van der Waals surface area contributed by atoms with E-state index in [0.29, 0.717) is 26.2 Å². The molecule has 0 saturated carbocycles. The van der Waals surface area contributed by atoms with E-state index in [9.17, 15) is 0 Å². The minimum absolute atomic E-state index is 0.112. The van der Waals surface area contributed by atoms with E-state index in [4.69, 9.17) is 28.3 Å². The molecule has 2 N–H and O–H groups in total.